The molecule has 0 N–H and O–H groups in total. The second kappa shape index (κ2) is 5.89. The van der Waals surface area contributed by atoms with E-state index in [1.165, 1.54) is 24.8 Å². The predicted molar refractivity (Wildman–Crippen MR) is 75.4 cm³/mol. The molecule has 0 atom stereocenters. The molecule has 0 bridgehead atoms. The summed E-state index contributed by atoms with van der Waals surface area (Å²) in [7, 11) is 0. The lowest BCUT2D eigenvalue weighted by Gasteiger charge is -2.25. The Morgan fingerprint density at radius 2 is 1.68 bits per heavy atom. The number of benzene rings is 2. The van der Waals surface area contributed by atoms with Gasteiger partial charge in [0, 0.05) is 0 Å². The summed E-state index contributed by atoms with van der Waals surface area (Å²) in [4.78, 5) is 0. The van der Waals surface area contributed by atoms with Gasteiger partial charge in [-0.2, -0.15) is 0 Å². The van der Waals surface area contributed by atoms with Crippen molar-refractivity contribution in [2.45, 2.75) is 32.0 Å². The van der Waals surface area contributed by atoms with E-state index in [-0.39, 0.29) is 0 Å². The third-order valence-electron chi connectivity index (χ3n) is 3.42. The van der Waals surface area contributed by atoms with Gasteiger partial charge in [0.1, 0.15) is 11.5 Å². The normalized spacial score (nSPS) is 14.9. The molecule has 0 spiro atoms. The van der Waals surface area contributed by atoms with Gasteiger partial charge in [-0.25, -0.2) is 0 Å². The molecule has 0 radical (unpaired) electrons. The van der Waals surface area contributed by atoms with Gasteiger partial charge < -0.3 is 9.47 Å². The molecular formula is C17H18O2. The third kappa shape index (κ3) is 3.36. The minimum absolute atomic E-state index is 0.471. The van der Waals surface area contributed by atoms with Gasteiger partial charge in [0.25, 0.3) is 0 Å². The number of para-hydroxylation sites is 1. The Kier molecular flexibility index (Phi) is 3.80. The first-order chi connectivity index (χ1) is 9.40. The van der Waals surface area contributed by atoms with E-state index in [4.69, 9.17) is 9.47 Å². The molecule has 2 nitrogen and oxygen atoms in total. The van der Waals surface area contributed by atoms with Crippen molar-refractivity contribution in [3.63, 3.8) is 0 Å². The standard InChI is InChI=1S/C17H18O2/c1-2-7-16(8-3-1)19-17-11-4-6-14(12-17)13-18-15-9-5-10-15/h1-4,6-8,11-12,15H,5,9-10,13H2. The van der Waals surface area contributed by atoms with Crippen LogP contribution in [0.15, 0.2) is 54.6 Å². The van der Waals surface area contributed by atoms with Crippen molar-refractivity contribution in [3.8, 4) is 11.5 Å². The first-order valence-electron chi connectivity index (χ1n) is 6.83. The molecule has 2 aromatic rings. The molecule has 2 heteroatoms. The zero-order valence-corrected chi connectivity index (χ0v) is 10.9. The summed E-state index contributed by atoms with van der Waals surface area (Å²) in [5.41, 5.74) is 1.17. The first kappa shape index (κ1) is 12.2. The summed E-state index contributed by atoms with van der Waals surface area (Å²) in [5.74, 6) is 1.72. The van der Waals surface area contributed by atoms with E-state index >= 15 is 0 Å². The second-order valence-corrected chi connectivity index (χ2v) is 4.93. The topological polar surface area (TPSA) is 18.5 Å². The van der Waals surface area contributed by atoms with E-state index in [1.807, 2.05) is 48.5 Å². The van der Waals surface area contributed by atoms with Gasteiger partial charge in [-0.05, 0) is 49.1 Å². The van der Waals surface area contributed by atoms with Crippen LogP contribution in [0.1, 0.15) is 24.8 Å². The van der Waals surface area contributed by atoms with E-state index in [0.717, 1.165) is 11.5 Å². The maximum atomic E-state index is 5.81. The predicted octanol–water partition coefficient (Wildman–Crippen LogP) is 4.55. The first-order valence-corrected chi connectivity index (χ1v) is 6.83. The van der Waals surface area contributed by atoms with Crippen molar-refractivity contribution < 1.29 is 9.47 Å². The average molecular weight is 254 g/mol. The summed E-state index contributed by atoms with van der Waals surface area (Å²) >= 11 is 0. The van der Waals surface area contributed by atoms with Crippen LogP contribution in [0.2, 0.25) is 0 Å². The Morgan fingerprint density at radius 1 is 0.895 bits per heavy atom. The van der Waals surface area contributed by atoms with Crippen LogP contribution in [-0.4, -0.2) is 6.10 Å². The summed E-state index contributed by atoms with van der Waals surface area (Å²) in [6.45, 7) is 0.677. The van der Waals surface area contributed by atoms with Crippen LogP contribution in [0.4, 0.5) is 0 Å². The lowest BCUT2D eigenvalue weighted by atomic mass is 9.96. The molecule has 1 aliphatic carbocycles. The molecular weight excluding hydrogens is 236 g/mol. The highest BCUT2D eigenvalue weighted by Gasteiger charge is 2.17. The summed E-state index contributed by atoms with van der Waals surface area (Å²) < 4.78 is 11.6. The molecule has 0 heterocycles. The maximum absolute atomic E-state index is 5.81. The number of hydrogen-bond acceptors (Lipinski definition) is 2. The molecule has 2 aromatic carbocycles. The molecule has 98 valence electrons. The van der Waals surface area contributed by atoms with E-state index < -0.39 is 0 Å². The lowest BCUT2D eigenvalue weighted by Crippen LogP contribution is -2.21. The fraction of sp³-hybridized carbons (Fsp3) is 0.294. The van der Waals surface area contributed by atoms with Crippen LogP contribution in [-0.2, 0) is 11.3 Å². The Balaban J connectivity index is 1.62. The van der Waals surface area contributed by atoms with Crippen LogP contribution in [0, 0.1) is 0 Å². The number of hydrogen-bond donors (Lipinski definition) is 0. The van der Waals surface area contributed by atoms with Crippen molar-refractivity contribution in [3.05, 3.63) is 60.2 Å². The molecule has 1 aliphatic rings. The van der Waals surface area contributed by atoms with Gasteiger partial charge in [-0.1, -0.05) is 30.3 Å². The second-order valence-electron chi connectivity index (χ2n) is 4.93. The molecule has 19 heavy (non-hydrogen) atoms. The highest BCUT2D eigenvalue weighted by molar-refractivity contribution is 5.33. The van der Waals surface area contributed by atoms with Gasteiger partial charge in [0.2, 0.25) is 0 Å². The minimum Gasteiger partial charge on any atom is -0.457 e. The Bertz CT molecular complexity index is 518. The Hall–Kier alpha value is -1.80. The van der Waals surface area contributed by atoms with Crippen molar-refractivity contribution in [1.29, 1.82) is 0 Å². The third-order valence-corrected chi connectivity index (χ3v) is 3.42. The van der Waals surface area contributed by atoms with Crippen LogP contribution >= 0.6 is 0 Å². The highest BCUT2D eigenvalue weighted by Crippen LogP contribution is 2.25. The monoisotopic (exact) mass is 254 g/mol. The highest BCUT2D eigenvalue weighted by atomic mass is 16.5. The van der Waals surface area contributed by atoms with E-state index in [2.05, 4.69) is 6.07 Å². The van der Waals surface area contributed by atoms with Crippen LogP contribution in [0.5, 0.6) is 11.5 Å². The summed E-state index contributed by atoms with van der Waals surface area (Å²) in [5, 5.41) is 0. The molecule has 3 rings (SSSR count). The van der Waals surface area contributed by atoms with E-state index in [0.29, 0.717) is 12.7 Å². The molecule has 0 aromatic heterocycles. The van der Waals surface area contributed by atoms with Gasteiger partial charge in [-0.3, -0.25) is 0 Å². The molecule has 1 saturated carbocycles. The smallest absolute Gasteiger partial charge is 0.127 e. The SMILES string of the molecule is c1ccc(Oc2cccc(COC3CCC3)c2)cc1. The Morgan fingerprint density at radius 3 is 2.42 bits per heavy atom. The van der Waals surface area contributed by atoms with Crippen molar-refractivity contribution in [2.75, 3.05) is 0 Å². The van der Waals surface area contributed by atoms with Crippen LogP contribution in [0.3, 0.4) is 0 Å². The van der Waals surface area contributed by atoms with Crippen molar-refractivity contribution >= 4 is 0 Å². The maximum Gasteiger partial charge on any atom is 0.127 e. The van der Waals surface area contributed by atoms with Crippen LogP contribution in [0.25, 0.3) is 0 Å². The molecule has 0 amide bonds. The van der Waals surface area contributed by atoms with Gasteiger partial charge >= 0.3 is 0 Å². The van der Waals surface area contributed by atoms with Gasteiger partial charge in [0.05, 0.1) is 12.7 Å². The molecule has 0 unspecified atom stereocenters. The fourth-order valence-electron chi connectivity index (χ4n) is 2.07. The number of ether oxygens (including phenoxy) is 2. The summed E-state index contributed by atoms with van der Waals surface area (Å²) in [6, 6.07) is 17.9. The van der Waals surface area contributed by atoms with Crippen LogP contribution < -0.4 is 4.74 Å². The largest absolute Gasteiger partial charge is 0.457 e. The van der Waals surface area contributed by atoms with E-state index in [1.54, 1.807) is 0 Å². The van der Waals surface area contributed by atoms with Gasteiger partial charge in [0.15, 0.2) is 0 Å². The molecule has 0 aliphatic heterocycles. The zero-order valence-electron chi connectivity index (χ0n) is 10.9. The molecule has 1 fully saturated rings. The average Bonchev–Trinajstić information content (AvgIpc) is 2.39. The quantitative estimate of drug-likeness (QED) is 0.779. The molecule has 0 saturated heterocycles. The summed E-state index contributed by atoms with van der Waals surface area (Å²) in [6.07, 6.45) is 4.20. The minimum atomic E-state index is 0.471. The van der Waals surface area contributed by atoms with Gasteiger partial charge in [-0.15, -0.1) is 0 Å². The number of rotatable bonds is 5. The zero-order chi connectivity index (χ0) is 12.9. The van der Waals surface area contributed by atoms with Crippen molar-refractivity contribution in [2.24, 2.45) is 0 Å². The Labute approximate surface area is 114 Å². The fourth-order valence-corrected chi connectivity index (χ4v) is 2.07. The van der Waals surface area contributed by atoms with E-state index in [9.17, 15) is 0 Å². The van der Waals surface area contributed by atoms with Crippen molar-refractivity contribution in [1.82, 2.24) is 0 Å². The lowest BCUT2D eigenvalue weighted by molar-refractivity contribution is -0.00870.